The van der Waals surface area contributed by atoms with E-state index in [-0.39, 0.29) is 16.8 Å². The molecule has 0 aliphatic carbocycles. The molecule has 2 heterocycles. The molecule has 2 rings (SSSR count). The maximum atomic E-state index is 12.2. The highest BCUT2D eigenvalue weighted by Crippen LogP contribution is 2.24. The highest BCUT2D eigenvalue weighted by atomic mass is 32.2. The molecule has 0 aromatic carbocycles. The summed E-state index contributed by atoms with van der Waals surface area (Å²) in [5.41, 5.74) is 5.60. The van der Waals surface area contributed by atoms with Crippen molar-refractivity contribution in [3.05, 3.63) is 40.2 Å². The van der Waals surface area contributed by atoms with Crippen molar-refractivity contribution in [1.29, 1.82) is 0 Å². The minimum atomic E-state index is -3.66. The summed E-state index contributed by atoms with van der Waals surface area (Å²) < 4.78 is 27.0. The van der Waals surface area contributed by atoms with Crippen molar-refractivity contribution in [2.24, 2.45) is 0 Å². The number of sulfonamides is 1. The molecule has 0 amide bonds. The molecule has 3 N–H and O–H groups in total. The highest BCUT2D eigenvalue weighted by molar-refractivity contribution is 7.89. The molecule has 1 unspecified atom stereocenters. The van der Waals surface area contributed by atoms with Crippen LogP contribution in [0.25, 0.3) is 0 Å². The second-order valence-corrected chi connectivity index (χ2v) is 7.18. The molecule has 0 bridgehead atoms. The van der Waals surface area contributed by atoms with Crippen LogP contribution in [0.2, 0.25) is 0 Å². The minimum absolute atomic E-state index is 0.00422. The Kier molecular flexibility index (Phi) is 3.88. The van der Waals surface area contributed by atoms with Gasteiger partial charge in [0.25, 0.3) is 0 Å². The first-order valence-electron chi connectivity index (χ1n) is 5.69. The van der Waals surface area contributed by atoms with E-state index >= 15 is 0 Å². The molecule has 7 heteroatoms. The summed E-state index contributed by atoms with van der Waals surface area (Å²) in [6.07, 6.45) is 1.46. The molecule has 2 aromatic heterocycles. The van der Waals surface area contributed by atoms with Gasteiger partial charge in [0.2, 0.25) is 10.0 Å². The fraction of sp³-hybridized carbons (Fsp3) is 0.250. The van der Waals surface area contributed by atoms with Gasteiger partial charge in [-0.3, -0.25) is 0 Å². The minimum Gasteiger partial charge on any atom is -0.383 e. The molecular formula is C12H15N3O2S2. The molecule has 1 atom stereocenters. The van der Waals surface area contributed by atoms with Crippen LogP contribution in [0.5, 0.6) is 0 Å². The highest BCUT2D eigenvalue weighted by Gasteiger charge is 2.21. The average molecular weight is 297 g/mol. The van der Waals surface area contributed by atoms with E-state index in [1.165, 1.54) is 12.3 Å². The standard InChI is InChI=1S/C12H15N3O2S2/c1-8-5-6-10(18-8)9(2)15-19(16,17)11-4-3-7-14-12(11)13/h3-7,9,15H,1-2H3,(H2,13,14). The Morgan fingerprint density at radius 2 is 2.11 bits per heavy atom. The fourth-order valence-corrected chi connectivity index (χ4v) is 3.93. The third-order valence-electron chi connectivity index (χ3n) is 2.61. The quantitative estimate of drug-likeness (QED) is 0.904. The molecule has 0 aliphatic rings. The van der Waals surface area contributed by atoms with Crippen molar-refractivity contribution in [3.63, 3.8) is 0 Å². The summed E-state index contributed by atoms with van der Waals surface area (Å²) in [6, 6.07) is 6.56. The second kappa shape index (κ2) is 5.28. The second-order valence-electron chi connectivity index (χ2n) is 4.18. The van der Waals surface area contributed by atoms with Crippen LogP contribution >= 0.6 is 11.3 Å². The number of hydrogen-bond donors (Lipinski definition) is 2. The van der Waals surface area contributed by atoms with Crippen molar-refractivity contribution in [3.8, 4) is 0 Å². The van der Waals surface area contributed by atoms with Gasteiger partial charge >= 0.3 is 0 Å². The summed E-state index contributed by atoms with van der Waals surface area (Å²) in [4.78, 5) is 5.90. The molecule has 0 spiro atoms. The first-order valence-corrected chi connectivity index (χ1v) is 7.99. The maximum absolute atomic E-state index is 12.2. The van der Waals surface area contributed by atoms with Gasteiger partial charge in [-0.15, -0.1) is 11.3 Å². The summed E-state index contributed by atoms with van der Waals surface area (Å²) >= 11 is 1.56. The lowest BCUT2D eigenvalue weighted by molar-refractivity contribution is 0.568. The van der Waals surface area contributed by atoms with Crippen LogP contribution in [-0.2, 0) is 10.0 Å². The smallest absolute Gasteiger partial charge is 0.244 e. The Bertz CT molecular complexity index is 680. The zero-order valence-corrected chi connectivity index (χ0v) is 12.3. The molecule has 5 nitrogen and oxygen atoms in total. The van der Waals surface area contributed by atoms with Crippen LogP contribution in [0.1, 0.15) is 22.7 Å². The van der Waals surface area contributed by atoms with E-state index in [9.17, 15) is 8.42 Å². The topological polar surface area (TPSA) is 85.1 Å². The summed E-state index contributed by atoms with van der Waals surface area (Å²) in [5.74, 6) is 0.00422. The SMILES string of the molecule is Cc1ccc(C(C)NS(=O)(=O)c2cccnc2N)s1. The monoisotopic (exact) mass is 297 g/mol. The van der Waals surface area contributed by atoms with E-state index in [1.54, 1.807) is 24.3 Å². The molecule has 102 valence electrons. The Labute approximate surface area is 116 Å². The molecule has 0 aliphatic heterocycles. The number of rotatable bonds is 4. The average Bonchev–Trinajstić information content (AvgIpc) is 2.76. The lowest BCUT2D eigenvalue weighted by Crippen LogP contribution is -2.27. The first-order chi connectivity index (χ1) is 8.90. The van der Waals surface area contributed by atoms with Gasteiger partial charge < -0.3 is 5.73 Å². The third kappa shape index (κ3) is 3.12. The molecular weight excluding hydrogens is 282 g/mol. The Hall–Kier alpha value is -1.44. The maximum Gasteiger partial charge on any atom is 0.244 e. The predicted molar refractivity (Wildman–Crippen MR) is 76.4 cm³/mol. The van der Waals surface area contributed by atoms with E-state index in [4.69, 9.17) is 5.73 Å². The van der Waals surface area contributed by atoms with Gasteiger partial charge in [-0.05, 0) is 38.1 Å². The van der Waals surface area contributed by atoms with Crippen LogP contribution in [0, 0.1) is 6.92 Å². The van der Waals surface area contributed by atoms with E-state index < -0.39 is 10.0 Å². The number of nitrogens with one attached hydrogen (secondary N) is 1. The number of hydrogen-bond acceptors (Lipinski definition) is 5. The summed E-state index contributed by atoms with van der Waals surface area (Å²) in [6.45, 7) is 3.78. The van der Waals surface area contributed by atoms with Crippen molar-refractivity contribution in [1.82, 2.24) is 9.71 Å². The van der Waals surface area contributed by atoms with Gasteiger partial charge in [0.05, 0.1) is 6.04 Å². The van der Waals surface area contributed by atoms with Crippen molar-refractivity contribution >= 4 is 27.2 Å². The van der Waals surface area contributed by atoms with E-state index in [0.717, 1.165) is 9.75 Å². The number of nitrogen functional groups attached to an aromatic ring is 1. The van der Waals surface area contributed by atoms with Crippen LogP contribution in [0.15, 0.2) is 35.4 Å². The van der Waals surface area contributed by atoms with Gasteiger partial charge in [-0.2, -0.15) is 0 Å². The number of nitrogens with two attached hydrogens (primary N) is 1. The first kappa shape index (κ1) is 14.0. The Morgan fingerprint density at radius 1 is 1.37 bits per heavy atom. The molecule has 0 saturated heterocycles. The number of aryl methyl sites for hydroxylation is 1. The molecule has 19 heavy (non-hydrogen) atoms. The van der Waals surface area contributed by atoms with Crippen LogP contribution in [0.4, 0.5) is 5.82 Å². The van der Waals surface area contributed by atoms with Gasteiger partial charge in [0.1, 0.15) is 10.7 Å². The van der Waals surface area contributed by atoms with E-state index in [1.807, 2.05) is 19.1 Å². The van der Waals surface area contributed by atoms with Crippen molar-refractivity contribution in [2.45, 2.75) is 24.8 Å². The van der Waals surface area contributed by atoms with Crippen LogP contribution in [0.3, 0.4) is 0 Å². The van der Waals surface area contributed by atoms with Gasteiger partial charge in [-0.25, -0.2) is 18.1 Å². The molecule has 2 aromatic rings. The Balaban J connectivity index is 2.25. The summed E-state index contributed by atoms with van der Waals surface area (Å²) in [7, 11) is -3.66. The zero-order chi connectivity index (χ0) is 14.0. The lowest BCUT2D eigenvalue weighted by Gasteiger charge is -2.13. The van der Waals surface area contributed by atoms with Gasteiger partial charge in [0.15, 0.2) is 0 Å². The molecule has 0 fully saturated rings. The van der Waals surface area contributed by atoms with Gasteiger partial charge in [0, 0.05) is 16.0 Å². The number of pyridine rings is 1. The fourth-order valence-electron chi connectivity index (χ4n) is 1.67. The molecule has 0 saturated carbocycles. The normalized spacial score (nSPS) is 13.4. The predicted octanol–water partition coefficient (Wildman–Crippen LogP) is 2.07. The largest absolute Gasteiger partial charge is 0.383 e. The number of nitrogens with zero attached hydrogens (tertiary/aromatic N) is 1. The van der Waals surface area contributed by atoms with Crippen LogP contribution in [-0.4, -0.2) is 13.4 Å². The third-order valence-corrected chi connectivity index (χ3v) is 5.38. The van der Waals surface area contributed by atoms with Crippen LogP contribution < -0.4 is 10.5 Å². The van der Waals surface area contributed by atoms with E-state index in [2.05, 4.69) is 9.71 Å². The number of thiophene rings is 1. The number of aromatic nitrogens is 1. The summed E-state index contributed by atoms with van der Waals surface area (Å²) in [5, 5.41) is 0. The van der Waals surface area contributed by atoms with E-state index in [0.29, 0.717) is 0 Å². The number of anilines is 1. The lowest BCUT2D eigenvalue weighted by atomic mass is 10.3. The van der Waals surface area contributed by atoms with Crippen molar-refractivity contribution < 1.29 is 8.42 Å². The van der Waals surface area contributed by atoms with Gasteiger partial charge in [-0.1, -0.05) is 0 Å². The van der Waals surface area contributed by atoms with Crippen molar-refractivity contribution in [2.75, 3.05) is 5.73 Å². The molecule has 0 radical (unpaired) electrons. The Morgan fingerprint density at radius 3 is 2.68 bits per heavy atom. The zero-order valence-electron chi connectivity index (χ0n) is 10.6.